The molecule has 1 saturated carbocycles. The lowest BCUT2D eigenvalue weighted by Gasteiger charge is -2.34. The number of hydrogen-bond acceptors (Lipinski definition) is 8. The van der Waals surface area contributed by atoms with Crippen molar-refractivity contribution in [2.45, 2.75) is 38.8 Å². The Labute approximate surface area is 195 Å². The Bertz CT molecular complexity index is 1040. The van der Waals surface area contributed by atoms with Gasteiger partial charge >= 0.3 is 11.9 Å². The summed E-state index contributed by atoms with van der Waals surface area (Å²) >= 11 is 0. The van der Waals surface area contributed by atoms with Gasteiger partial charge in [-0.25, -0.2) is 9.97 Å². The van der Waals surface area contributed by atoms with Crippen LogP contribution in [0.3, 0.4) is 0 Å². The van der Waals surface area contributed by atoms with Crippen LogP contribution in [0, 0.1) is 15.5 Å². The molecule has 0 atom stereocenters. The van der Waals surface area contributed by atoms with E-state index in [0.29, 0.717) is 13.2 Å². The predicted molar refractivity (Wildman–Crippen MR) is 121 cm³/mol. The van der Waals surface area contributed by atoms with Gasteiger partial charge in [-0.1, -0.05) is 12.8 Å². The van der Waals surface area contributed by atoms with Crippen molar-refractivity contribution in [3.63, 3.8) is 0 Å². The largest absolute Gasteiger partial charge is 0.478 e. The van der Waals surface area contributed by atoms with Gasteiger partial charge in [0.15, 0.2) is 0 Å². The van der Waals surface area contributed by atoms with Crippen molar-refractivity contribution in [2.75, 3.05) is 44.5 Å². The molecule has 9 nitrogen and oxygen atoms in total. The van der Waals surface area contributed by atoms with Crippen LogP contribution in [0.4, 0.5) is 30.4 Å². The Morgan fingerprint density at radius 1 is 1.24 bits per heavy atom. The summed E-state index contributed by atoms with van der Waals surface area (Å²) in [5.74, 6) is -0.620. The lowest BCUT2D eigenvalue weighted by molar-refractivity contribution is -0.383. The highest BCUT2D eigenvalue weighted by Crippen LogP contribution is 2.43. The van der Waals surface area contributed by atoms with Crippen molar-refractivity contribution in [1.82, 2.24) is 9.97 Å². The van der Waals surface area contributed by atoms with Crippen LogP contribution in [0.5, 0.6) is 5.88 Å². The van der Waals surface area contributed by atoms with Gasteiger partial charge in [0.25, 0.3) is 0 Å². The Morgan fingerprint density at radius 3 is 2.47 bits per heavy atom. The highest BCUT2D eigenvalue weighted by molar-refractivity contribution is 5.79. The minimum Gasteiger partial charge on any atom is -0.478 e. The van der Waals surface area contributed by atoms with E-state index >= 15 is 0 Å². The van der Waals surface area contributed by atoms with Gasteiger partial charge in [0.05, 0.1) is 23.8 Å². The molecule has 0 radical (unpaired) electrons. The van der Waals surface area contributed by atoms with E-state index in [9.17, 15) is 23.3 Å². The van der Waals surface area contributed by atoms with Crippen LogP contribution in [0.25, 0.3) is 11.3 Å². The zero-order chi connectivity index (χ0) is 25.1. The summed E-state index contributed by atoms with van der Waals surface area (Å²) in [5, 5.41) is 11.8. The first-order chi connectivity index (χ1) is 16.0. The number of anilines is 2. The Hall–Kier alpha value is -3.15. The minimum atomic E-state index is -4.72. The van der Waals surface area contributed by atoms with E-state index in [1.807, 2.05) is 0 Å². The summed E-state index contributed by atoms with van der Waals surface area (Å²) in [7, 11) is 3.31. The second-order valence-corrected chi connectivity index (χ2v) is 8.52. The summed E-state index contributed by atoms with van der Waals surface area (Å²) < 4.78 is 50.9. The van der Waals surface area contributed by atoms with Crippen molar-refractivity contribution >= 4 is 17.2 Å². The number of pyridine rings is 2. The van der Waals surface area contributed by atoms with Crippen LogP contribution < -0.4 is 15.4 Å². The number of aromatic nitrogens is 2. The third kappa shape index (κ3) is 5.49. The van der Waals surface area contributed by atoms with Gasteiger partial charge in [-0.2, -0.15) is 13.2 Å². The quantitative estimate of drug-likeness (QED) is 0.403. The topological polar surface area (TPSA) is 117 Å². The van der Waals surface area contributed by atoms with Crippen LogP contribution in [-0.2, 0) is 10.9 Å². The first-order valence-electron chi connectivity index (χ1n) is 10.9. The first-order valence-corrected chi connectivity index (χ1v) is 10.9. The third-order valence-electron chi connectivity index (χ3n) is 5.96. The van der Waals surface area contributed by atoms with Gasteiger partial charge in [-0.3, -0.25) is 10.1 Å². The van der Waals surface area contributed by atoms with Gasteiger partial charge in [-0.05, 0) is 31.9 Å². The number of nitrogens with two attached hydrogens (primary N) is 1. The molecular formula is C22H28F3N5O4. The standard InChI is InChI=1S/C22H28F3N5O4/c1-4-34-18-10-14(9-17(28-18)22(23,24)25)15-11-16(19(30(31)32)20(26)27-15)29(2)12-21(13-33-3)7-5-6-8-21/h9-11H,4-8,12-13H2,1-3H3,(H2,26,27). The summed E-state index contributed by atoms with van der Waals surface area (Å²) in [6.07, 6.45) is -0.851. The second kappa shape index (κ2) is 10.00. The van der Waals surface area contributed by atoms with Gasteiger partial charge in [-0.15, -0.1) is 0 Å². The lowest BCUT2D eigenvalue weighted by Crippen LogP contribution is -2.37. The molecule has 0 amide bonds. The summed E-state index contributed by atoms with van der Waals surface area (Å²) in [6, 6.07) is 3.51. The van der Waals surface area contributed by atoms with Crippen molar-refractivity contribution in [1.29, 1.82) is 0 Å². The van der Waals surface area contributed by atoms with Crippen LogP contribution >= 0.6 is 0 Å². The Kier molecular flexibility index (Phi) is 7.49. The number of rotatable bonds is 9. The lowest BCUT2D eigenvalue weighted by atomic mass is 9.86. The molecule has 2 aromatic rings. The second-order valence-electron chi connectivity index (χ2n) is 8.52. The summed E-state index contributed by atoms with van der Waals surface area (Å²) in [6.45, 7) is 2.68. The van der Waals surface area contributed by atoms with Gasteiger partial charge in [0, 0.05) is 37.7 Å². The maximum Gasteiger partial charge on any atom is 0.433 e. The van der Waals surface area contributed by atoms with Crippen molar-refractivity contribution in [3.05, 3.63) is 34.0 Å². The molecule has 2 heterocycles. The van der Waals surface area contributed by atoms with E-state index in [-0.39, 0.29) is 40.7 Å². The molecule has 0 bridgehead atoms. The molecule has 0 unspecified atom stereocenters. The average Bonchev–Trinajstić information content (AvgIpc) is 3.20. The van der Waals surface area contributed by atoms with Crippen molar-refractivity contribution < 1.29 is 27.6 Å². The molecule has 1 aliphatic carbocycles. The van der Waals surface area contributed by atoms with E-state index in [2.05, 4.69) is 9.97 Å². The molecular weight excluding hydrogens is 455 g/mol. The number of methoxy groups -OCH3 is 1. The van der Waals surface area contributed by atoms with Gasteiger partial charge < -0.3 is 20.1 Å². The van der Waals surface area contributed by atoms with Crippen LogP contribution in [0.2, 0.25) is 0 Å². The fourth-order valence-corrected chi connectivity index (χ4v) is 4.56. The van der Waals surface area contributed by atoms with Crippen LogP contribution in [-0.4, -0.2) is 48.8 Å². The molecule has 2 N–H and O–H groups in total. The number of nitrogen functional groups attached to an aromatic ring is 1. The van der Waals surface area contributed by atoms with E-state index in [0.717, 1.165) is 31.7 Å². The fraction of sp³-hybridized carbons (Fsp3) is 0.545. The molecule has 1 aliphatic rings. The maximum atomic E-state index is 13.4. The molecule has 0 aromatic carbocycles. The molecule has 0 saturated heterocycles. The van der Waals surface area contributed by atoms with Gasteiger partial charge in [0.2, 0.25) is 11.7 Å². The number of halogens is 3. The molecule has 2 aromatic heterocycles. The van der Waals surface area contributed by atoms with E-state index < -0.39 is 22.5 Å². The van der Waals surface area contributed by atoms with E-state index in [4.69, 9.17) is 15.2 Å². The molecule has 12 heteroatoms. The normalized spacial score (nSPS) is 15.4. The average molecular weight is 483 g/mol. The number of hydrogen-bond donors (Lipinski definition) is 1. The molecule has 186 valence electrons. The van der Waals surface area contributed by atoms with E-state index in [1.165, 1.54) is 12.1 Å². The number of alkyl halides is 3. The molecule has 0 aliphatic heterocycles. The third-order valence-corrected chi connectivity index (χ3v) is 5.96. The van der Waals surface area contributed by atoms with Gasteiger partial charge in [0.1, 0.15) is 11.4 Å². The molecule has 0 spiro atoms. The number of ether oxygens (including phenoxy) is 2. The Morgan fingerprint density at radius 2 is 1.91 bits per heavy atom. The van der Waals surface area contributed by atoms with Crippen molar-refractivity contribution in [2.24, 2.45) is 5.41 Å². The monoisotopic (exact) mass is 483 g/mol. The fourth-order valence-electron chi connectivity index (χ4n) is 4.56. The zero-order valence-corrected chi connectivity index (χ0v) is 19.3. The Balaban J connectivity index is 2.11. The zero-order valence-electron chi connectivity index (χ0n) is 19.3. The number of nitro groups is 1. The number of nitrogens with zero attached hydrogens (tertiary/aromatic N) is 4. The molecule has 3 rings (SSSR count). The van der Waals surface area contributed by atoms with Crippen LogP contribution in [0.15, 0.2) is 18.2 Å². The minimum absolute atomic E-state index is 0.0366. The highest BCUT2D eigenvalue weighted by Gasteiger charge is 2.37. The molecule has 1 fully saturated rings. The highest BCUT2D eigenvalue weighted by atomic mass is 19.4. The van der Waals surface area contributed by atoms with Crippen molar-refractivity contribution in [3.8, 4) is 17.1 Å². The SMILES string of the molecule is CCOc1cc(-c2cc(N(C)CC3(COC)CCCC3)c([N+](=O)[O-])c(N)n2)cc(C(F)(F)F)n1. The maximum absolute atomic E-state index is 13.4. The summed E-state index contributed by atoms with van der Waals surface area (Å²) in [4.78, 5) is 20.5. The molecule has 34 heavy (non-hydrogen) atoms. The summed E-state index contributed by atoms with van der Waals surface area (Å²) in [5.41, 5.74) is 4.46. The van der Waals surface area contributed by atoms with Crippen LogP contribution in [0.1, 0.15) is 38.3 Å². The smallest absolute Gasteiger partial charge is 0.433 e. The predicted octanol–water partition coefficient (Wildman–Crippen LogP) is 4.69. The van der Waals surface area contributed by atoms with E-state index in [1.54, 1.807) is 26.0 Å². The first kappa shape index (κ1) is 25.5.